The number of benzene rings is 1. The lowest BCUT2D eigenvalue weighted by molar-refractivity contribution is -0.130. The van der Waals surface area contributed by atoms with Gasteiger partial charge in [-0.25, -0.2) is 0 Å². The molecule has 1 saturated heterocycles. The van der Waals surface area contributed by atoms with Crippen molar-refractivity contribution in [3.05, 3.63) is 53.2 Å². The Morgan fingerprint density at radius 3 is 2.32 bits per heavy atom. The van der Waals surface area contributed by atoms with Gasteiger partial charge in [0.05, 0.1) is 12.1 Å². The molecule has 1 aromatic carbocycles. The van der Waals surface area contributed by atoms with Crippen LogP contribution in [0.25, 0.3) is 0 Å². The van der Waals surface area contributed by atoms with Gasteiger partial charge in [0, 0.05) is 27.5 Å². The highest BCUT2D eigenvalue weighted by molar-refractivity contribution is 5.79. The number of amides is 1. The Balaban J connectivity index is 1.54. The first-order chi connectivity index (χ1) is 12.3. The minimum atomic E-state index is -0.613. The summed E-state index contributed by atoms with van der Waals surface area (Å²) in [5.41, 5.74) is 2.86. The molecule has 0 saturated carbocycles. The Bertz CT molecular complexity index is 745. The predicted octanol–water partition coefficient (Wildman–Crippen LogP) is 2.80. The molecule has 0 bridgehead atoms. The molecular weight excluding hydrogens is 312 g/mol. The number of rotatable bonds is 4. The Morgan fingerprint density at radius 2 is 1.76 bits per heavy atom. The fourth-order valence-electron chi connectivity index (χ4n) is 2.99. The van der Waals surface area contributed by atoms with E-state index in [1.54, 1.807) is 0 Å². The molecule has 5 heteroatoms. The van der Waals surface area contributed by atoms with Crippen LogP contribution in [0.4, 0.5) is 5.82 Å². The van der Waals surface area contributed by atoms with Gasteiger partial charge in [0.1, 0.15) is 0 Å². The first-order valence-electron chi connectivity index (χ1n) is 9.25. The van der Waals surface area contributed by atoms with Gasteiger partial charge in [-0.2, -0.15) is 5.10 Å². The molecular formula is C20H26N4O. The Morgan fingerprint density at radius 1 is 1.08 bits per heavy atom. The first kappa shape index (κ1) is 16.1. The molecule has 132 valence electrons. The zero-order valence-corrected chi connectivity index (χ0v) is 15.2. The fourth-order valence-corrected chi connectivity index (χ4v) is 2.99. The van der Waals surface area contributed by atoms with Crippen molar-refractivity contribution in [3.8, 4) is 0 Å². The highest BCUT2D eigenvalue weighted by Gasteiger charge is 2.22. The molecule has 1 aliphatic heterocycles. The maximum absolute atomic E-state index is 12.6. The third-order valence-corrected chi connectivity index (χ3v) is 4.63. The molecule has 2 aromatic rings. The zero-order valence-electron chi connectivity index (χ0n) is 16.2. The van der Waals surface area contributed by atoms with Crippen LogP contribution in [0.3, 0.4) is 0 Å². The van der Waals surface area contributed by atoms with Crippen molar-refractivity contribution in [2.45, 2.75) is 33.1 Å². The van der Waals surface area contributed by atoms with E-state index in [-0.39, 0.29) is 5.91 Å². The molecule has 0 aliphatic carbocycles. The Labute approximate surface area is 151 Å². The predicted molar refractivity (Wildman–Crippen MR) is 99.8 cm³/mol. The summed E-state index contributed by atoms with van der Waals surface area (Å²) in [6, 6.07) is 11.8. The molecule has 3 rings (SSSR count). The summed E-state index contributed by atoms with van der Waals surface area (Å²) in [5.74, 6) is 0.409. The van der Waals surface area contributed by atoms with Crippen LogP contribution in [0.1, 0.15) is 37.9 Å². The van der Waals surface area contributed by atoms with Gasteiger partial charge in [-0.05, 0) is 36.1 Å². The van der Waals surface area contributed by atoms with E-state index in [2.05, 4.69) is 15.1 Å². The molecule has 1 amide bonds. The number of aryl methyl sites for hydroxylation is 1. The third-order valence-electron chi connectivity index (χ3n) is 4.63. The molecule has 5 nitrogen and oxygen atoms in total. The molecule has 0 atom stereocenters. The number of nitrogens with zero attached hydrogens (tertiary/aromatic N) is 4. The maximum atomic E-state index is 12.6. The maximum Gasteiger partial charge on any atom is 0.227 e. The lowest BCUT2D eigenvalue weighted by Gasteiger charge is -2.35. The lowest BCUT2D eigenvalue weighted by atomic mass is 10.0. The topological polar surface area (TPSA) is 49.3 Å². The van der Waals surface area contributed by atoms with Gasteiger partial charge in [-0.15, -0.1) is 5.10 Å². The van der Waals surface area contributed by atoms with Crippen LogP contribution < -0.4 is 4.90 Å². The average Bonchev–Trinajstić information content (AvgIpc) is 2.62. The van der Waals surface area contributed by atoms with Crippen molar-refractivity contribution in [1.29, 1.82) is 0 Å². The Kier molecular flexibility index (Phi) is 4.91. The van der Waals surface area contributed by atoms with Crippen LogP contribution in [0.2, 0.25) is 0 Å². The number of hydrogen-bond acceptors (Lipinski definition) is 4. The van der Waals surface area contributed by atoms with Gasteiger partial charge in [-0.1, -0.05) is 38.1 Å². The average molecular weight is 339 g/mol. The summed E-state index contributed by atoms with van der Waals surface area (Å²) >= 11 is 0. The van der Waals surface area contributed by atoms with Crippen LogP contribution in [-0.4, -0.2) is 47.2 Å². The highest BCUT2D eigenvalue weighted by Crippen LogP contribution is 2.16. The minimum Gasteiger partial charge on any atom is -0.352 e. The molecule has 0 unspecified atom stereocenters. The van der Waals surface area contributed by atoms with Gasteiger partial charge >= 0.3 is 0 Å². The molecule has 0 radical (unpaired) electrons. The van der Waals surface area contributed by atoms with Gasteiger partial charge in [0.15, 0.2) is 5.82 Å². The Hall–Kier alpha value is -2.43. The summed E-state index contributed by atoms with van der Waals surface area (Å²) < 4.78 is 8.06. The summed E-state index contributed by atoms with van der Waals surface area (Å²) in [4.78, 5) is 16.7. The van der Waals surface area contributed by atoms with Crippen molar-refractivity contribution < 1.29 is 6.17 Å². The third kappa shape index (κ3) is 4.35. The summed E-state index contributed by atoms with van der Waals surface area (Å²) in [7, 11) is 0. The van der Waals surface area contributed by atoms with E-state index in [1.807, 2.05) is 62.1 Å². The van der Waals surface area contributed by atoms with Crippen LogP contribution in [0, 0.1) is 6.92 Å². The van der Waals surface area contributed by atoms with Gasteiger partial charge in [-0.3, -0.25) is 4.79 Å². The SMILES string of the molecule is [2H]C(C)(C)c1ccc(CC(=O)N2CCN(c3ccc(C)nn3)CC2)cc1. The van der Waals surface area contributed by atoms with Gasteiger partial charge in [0.25, 0.3) is 0 Å². The van der Waals surface area contributed by atoms with E-state index in [0.717, 1.165) is 35.7 Å². The molecule has 0 N–H and O–H groups in total. The molecule has 1 aliphatic rings. The van der Waals surface area contributed by atoms with Gasteiger partial charge < -0.3 is 9.80 Å². The zero-order chi connectivity index (χ0) is 18.7. The lowest BCUT2D eigenvalue weighted by Crippen LogP contribution is -2.49. The summed E-state index contributed by atoms with van der Waals surface area (Å²) in [6.07, 6.45) is 0.406. The number of aromatic nitrogens is 2. The van der Waals surface area contributed by atoms with Crippen LogP contribution in [-0.2, 0) is 11.2 Å². The fraction of sp³-hybridized carbons (Fsp3) is 0.450. The second-order valence-electron chi connectivity index (χ2n) is 6.77. The number of piperazine rings is 1. The molecule has 0 spiro atoms. The van der Waals surface area contributed by atoms with Crippen molar-refractivity contribution in [2.24, 2.45) is 0 Å². The molecule has 1 fully saturated rings. The van der Waals surface area contributed by atoms with Crippen LogP contribution >= 0.6 is 0 Å². The summed E-state index contributed by atoms with van der Waals surface area (Å²) in [6.45, 7) is 8.60. The number of hydrogen-bond donors (Lipinski definition) is 0. The minimum absolute atomic E-state index is 0.150. The molecule has 2 heterocycles. The van der Waals surface area contributed by atoms with E-state index in [0.29, 0.717) is 19.5 Å². The van der Waals surface area contributed by atoms with Crippen molar-refractivity contribution in [1.82, 2.24) is 15.1 Å². The van der Waals surface area contributed by atoms with Crippen molar-refractivity contribution in [3.63, 3.8) is 0 Å². The van der Waals surface area contributed by atoms with E-state index < -0.39 is 5.89 Å². The molecule has 1 aromatic heterocycles. The first-order valence-corrected chi connectivity index (χ1v) is 8.75. The summed E-state index contributed by atoms with van der Waals surface area (Å²) in [5, 5.41) is 8.33. The van der Waals surface area contributed by atoms with Crippen LogP contribution in [0.5, 0.6) is 0 Å². The standard InChI is InChI=1S/C20H26N4O/c1-15(2)18-7-5-17(6-8-18)14-20(25)24-12-10-23(11-13-24)19-9-4-16(3)21-22-19/h4-9,15H,10-14H2,1-3H3/i15D. The monoisotopic (exact) mass is 339 g/mol. The van der Waals surface area contributed by atoms with E-state index in [1.165, 1.54) is 0 Å². The smallest absolute Gasteiger partial charge is 0.227 e. The van der Waals surface area contributed by atoms with Crippen LogP contribution in [0.15, 0.2) is 36.4 Å². The van der Waals surface area contributed by atoms with Crippen molar-refractivity contribution >= 4 is 11.7 Å². The highest BCUT2D eigenvalue weighted by atomic mass is 16.2. The largest absolute Gasteiger partial charge is 0.352 e. The normalized spacial score (nSPS) is 15.9. The second kappa shape index (κ2) is 7.64. The number of carbonyl (C=O) groups is 1. The quantitative estimate of drug-likeness (QED) is 0.859. The van der Waals surface area contributed by atoms with Crippen molar-refractivity contribution in [2.75, 3.05) is 31.1 Å². The second-order valence-corrected chi connectivity index (χ2v) is 6.77. The van der Waals surface area contributed by atoms with E-state index in [9.17, 15) is 4.79 Å². The van der Waals surface area contributed by atoms with Gasteiger partial charge in [0.2, 0.25) is 5.91 Å². The number of carbonyl (C=O) groups excluding carboxylic acids is 1. The van der Waals surface area contributed by atoms with E-state index >= 15 is 0 Å². The number of anilines is 1. The molecule has 25 heavy (non-hydrogen) atoms. The van der Waals surface area contributed by atoms with E-state index in [4.69, 9.17) is 1.37 Å².